The van der Waals surface area contributed by atoms with Crippen molar-refractivity contribution in [3.8, 4) is 0 Å². The summed E-state index contributed by atoms with van der Waals surface area (Å²) in [7, 11) is 2.18. The molecule has 0 aromatic rings. The van der Waals surface area contributed by atoms with E-state index in [1.165, 1.54) is 75.6 Å². The third kappa shape index (κ3) is 15.1. The zero-order valence-corrected chi connectivity index (χ0v) is 20.3. The lowest BCUT2D eigenvalue weighted by Crippen LogP contribution is -2.21. The average Bonchev–Trinajstić information content (AvgIpc) is 2.65. The van der Waals surface area contributed by atoms with Crippen LogP contribution >= 0.6 is 0 Å². The van der Waals surface area contributed by atoms with Gasteiger partial charge in [-0.3, -0.25) is 0 Å². The predicted molar refractivity (Wildman–Crippen MR) is 129 cm³/mol. The van der Waals surface area contributed by atoms with Crippen LogP contribution in [0.3, 0.4) is 0 Å². The lowest BCUT2D eigenvalue weighted by Gasteiger charge is -2.24. The standard InChI is InChI=1S/C26H52N2/c1-22(2)24(5)18-19-25(6)27-20-16-14-12-10-9-11-13-15-17-21-28(8)26(7)23(3)4/h22-24,27H,6-7,9-21H2,1-5,8H3. The molecule has 0 bridgehead atoms. The Bertz CT molecular complexity index is 397. The van der Waals surface area contributed by atoms with Crippen LogP contribution in [0.15, 0.2) is 24.6 Å². The summed E-state index contributed by atoms with van der Waals surface area (Å²) in [5.41, 5.74) is 2.50. The minimum Gasteiger partial charge on any atom is -0.389 e. The van der Waals surface area contributed by atoms with Crippen LogP contribution in [-0.2, 0) is 0 Å². The van der Waals surface area contributed by atoms with Gasteiger partial charge in [-0.25, -0.2) is 0 Å². The van der Waals surface area contributed by atoms with Crippen molar-refractivity contribution in [2.75, 3.05) is 20.1 Å². The van der Waals surface area contributed by atoms with Gasteiger partial charge in [-0.1, -0.05) is 92.7 Å². The monoisotopic (exact) mass is 392 g/mol. The molecule has 2 heteroatoms. The number of nitrogens with one attached hydrogen (secondary N) is 1. The number of unbranched alkanes of at least 4 members (excludes halogenated alkanes) is 8. The number of hydrogen-bond acceptors (Lipinski definition) is 2. The summed E-state index contributed by atoms with van der Waals surface area (Å²) in [6.07, 6.45) is 14.7. The molecule has 0 saturated carbocycles. The van der Waals surface area contributed by atoms with Gasteiger partial charge in [0.2, 0.25) is 0 Å². The Kier molecular flexibility index (Phi) is 16.4. The summed E-state index contributed by atoms with van der Waals surface area (Å²) in [5.74, 6) is 2.13. The van der Waals surface area contributed by atoms with Crippen molar-refractivity contribution in [2.24, 2.45) is 17.8 Å². The van der Waals surface area contributed by atoms with Crippen LogP contribution in [0.2, 0.25) is 0 Å². The zero-order valence-electron chi connectivity index (χ0n) is 20.3. The molecular weight excluding hydrogens is 340 g/mol. The van der Waals surface area contributed by atoms with Gasteiger partial charge in [0.15, 0.2) is 0 Å². The molecule has 2 nitrogen and oxygen atoms in total. The molecule has 0 radical (unpaired) electrons. The Hall–Kier alpha value is -0.920. The summed E-state index contributed by atoms with van der Waals surface area (Å²) in [4.78, 5) is 2.33. The first-order valence-electron chi connectivity index (χ1n) is 12.1. The Morgan fingerprint density at radius 1 is 0.786 bits per heavy atom. The van der Waals surface area contributed by atoms with Crippen molar-refractivity contribution in [1.29, 1.82) is 0 Å². The molecule has 1 unspecified atom stereocenters. The van der Waals surface area contributed by atoms with Crippen LogP contribution in [0.4, 0.5) is 0 Å². The van der Waals surface area contributed by atoms with E-state index in [1.807, 2.05) is 0 Å². The van der Waals surface area contributed by atoms with Crippen molar-refractivity contribution in [3.05, 3.63) is 24.6 Å². The molecule has 0 aliphatic carbocycles. The maximum atomic E-state index is 4.18. The van der Waals surface area contributed by atoms with Gasteiger partial charge >= 0.3 is 0 Å². The van der Waals surface area contributed by atoms with Crippen LogP contribution in [-0.4, -0.2) is 25.0 Å². The molecule has 0 fully saturated rings. The second kappa shape index (κ2) is 17.0. The van der Waals surface area contributed by atoms with Gasteiger partial charge in [-0.2, -0.15) is 0 Å². The van der Waals surface area contributed by atoms with Crippen LogP contribution in [0, 0.1) is 17.8 Å². The fourth-order valence-electron chi connectivity index (χ4n) is 3.38. The van der Waals surface area contributed by atoms with Gasteiger partial charge in [-0.15, -0.1) is 0 Å². The summed E-state index contributed by atoms with van der Waals surface area (Å²) in [6, 6.07) is 0. The molecule has 0 heterocycles. The Balaban J connectivity index is 3.36. The fraction of sp³-hybridized carbons (Fsp3) is 0.846. The highest BCUT2D eigenvalue weighted by molar-refractivity contribution is 4.95. The van der Waals surface area contributed by atoms with Crippen LogP contribution < -0.4 is 5.32 Å². The van der Waals surface area contributed by atoms with E-state index in [0.717, 1.165) is 31.3 Å². The lowest BCUT2D eigenvalue weighted by atomic mass is 9.93. The summed E-state index contributed by atoms with van der Waals surface area (Å²) < 4.78 is 0. The smallest absolute Gasteiger partial charge is 0.0171 e. The van der Waals surface area contributed by atoms with Crippen molar-refractivity contribution in [3.63, 3.8) is 0 Å². The number of hydrogen-bond donors (Lipinski definition) is 1. The Morgan fingerprint density at radius 3 is 1.79 bits per heavy atom. The highest BCUT2D eigenvalue weighted by atomic mass is 15.1. The topological polar surface area (TPSA) is 15.3 Å². The largest absolute Gasteiger partial charge is 0.389 e. The highest BCUT2D eigenvalue weighted by Gasteiger charge is 2.07. The van der Waals surface area contributed by atoms with Crippen molar-refractivity contribution in [2.45, 2.75) is 105 Å². The van der Waals surface area contributed by atoms with Crippen molar-refractivity contribution >= 4 is 0 Å². The van der Waals surface area contributed by atoms with Gasteiger partial charge in [0, 0.05) is 31.5 Å². The third-order valence-corrected chi connectivity index (χ3v) is 6.24. The molecule has 0 aliphatic heterocycles. The SMILES string of the molecule is C=C(CCC(C)C(C)C)NCCCCCCCCCCCN(C)C(=C)C(C)C. The quantitative estimate of drug-likeness (QED) is 0.226. The molecule has 1 atom stereocenters. The van der Waals surface area contributed by atoms with E-state index in [0.29, 0.717) is 5.92 Å². The average molecular weight is 393 g/mol. The zero-order chi connectivity index (χ0) is 21.4. The van der Waals surface area contributed by atoms with Crippen LogP contribution in [0.1, 0.15) is 105 Å². The molecule has 0 spiro atoms. The van der Waals surface area contributed by atoms with Crippen LogP contribution in [0.25, 0.3) is 0 Å². The van der Waals surface area contributed by atoms with Gasteiger partial charge in [-0.05, 0) is 43.4 Å². The molecular formula is C26H52N2. The minimum absolute atomic E-state index is 0.562. The normalized spacial score (nSPS) is 12.4. The third-order valence-electron chi connectivity index (χ3n) is 6.24. The maximum absolute atomic E-state index is 4.18. The van der Waals surface area contributed by atoms with E-state index < -0.39 is 0 Å². The van der Waals surface area contributed by atoms with Gasteiger partial charge in [0.25, 0.3) is 0 Å². The molecule has 0 aromatic carbocycles. The molecule has 28 heavy (non-hydrogen) atoms. The van der Waals surface area contributed by atoms with E-state index in [9.17, 15) is 0 Å². The first-order chi connectivity index (χ1) is 13.3. The molecule has 0 amide bonds. The van der Waals surface area contributed by atoms with Gasteiger partial charge in [0.05, 0.1) is 0 Å². The number of nitrogens with zero attached hydrogens (tertiary/aromatic N) is 1. The number of allylic oxidation sites excluding steroid dienone is 2. The molecule has 1 N–H and O–H groups in total. The second-order valence-electron chi connectivity index (χ2n) is 9.54. The van der Waals surface area contributed by atoms with Crippen LogP contribution in [0.5, 0.6) is 0 Å². The summed E-state index contributed by atoms with van der Waals surface area (Å²) in [5, 5.41) is 3.52. The van der Waals surface area contributed by atoms with E-state index in [2.05, 4.69) is 65.0 Å². The van der Waals surface area contributed by atoms with Crippen molar-refractivity contribution < 1.29 is 0 Å². The number of rotatable bonds is 19. The van der Waals surface area contributed by atoms with E-state index >= 15 is 0 Å². The molecule has 166 valence electrons. The molecule has 0 rings (SSSR count). The Morgan fingerprint density at radius 2 is 1.29 bits per heavy atom. The van der Waals surface area contributed by atoms with E-state index in [1.54, 1.807) is 0 Å². The van der Waals surface area contributed by atoms with Gasteiger partial charge < -0.3 is 10.2 Å². The lowest BCUT2D eigenvalue weighted by molar-refractivity contribution is 0.362. The van der Waals surface area contributed by atoms with Crippen molar-refractivity contribution in [1.82, 2.24) is 10.2 Å². The molecule has 0 saturated heterocycles. The molecule has 0 aromatic heterocycles. The summed E-state index contributed by atoms with van der Waals surface area (Å²) >= 11 is 0. The van der Waals surface area contributed by atoms with E-state index in [-0.39, 0.29) is 0 Å². The van der Waals surface area contributed by atoms with E-state index in [4.69, 9.17) is 0 Å². The first-order valence-corrected chi connectivity index (χ1v) is 12.1. The first kappa shape index (κ1) is 27.1. The summed E-state index contributed by atoms with van der Waals surface area (Å²) in [6.45, 7) is 22.0. The second-order valence-corrected chi connectivity index (χ2v) is 9.54. The van der Waals surface area contributed by atoms with Gasteiger partial charge in [0.1, 0.15) is 0 Å². The fourth-order valence-corrected chi connectivity index (χ4v) is 3.38. The maximum Gasteiger partial charge on any atom is 0.0171 e. The Labute approximate surface area is 178 Å². The highest BCUT2D eigenvalue weighted by Crippen LogP contribution is 2.18. The molecule has 0 aliphatic rings. The minimum atomic E-state index is 0.562. The predicted octanol–water partition coefficient (Wildman–Crippen LogP) is 7.77.